The fraction of sp³-hybridized carbons (Fsp3) is 0.278. The molecule has 1 N–H and O–H groups in total. The number of hydrogen-bond acceptors (Lipinski definition) is 3. The minimum Gasteiger partial charge on any atom is -0.355 e. The number of thioether (sulfide) groups is 2. The molecule has 0 unspecified atom stereocenters. The fourth-order valence-electron chi connectivity index (χ4n) is 1.95. The van der Waals surface area contributed by atoms with Gasteiger partial charge in [0.2, 0.25) is 5.91 Å². The van der Waals surface area contributed by atoms with Crippen LogP contribution in [0.25, 0.3) is 0 Å². The molecule has 0 fully saturated rings. The van der Waals surface area contributed by atoms with E-state index in [0.29, 0.717) is 18.1 Å². The number of benzene rings is 2. The van der Waals surface area contributed by atoms with E-state index in [-0.39, 0.29) is 11.7 Å². The van der Waals surface area contributed by atoms with Crippen molar-refractivity contribution in [3.63, 3.8) is 0 Å². The van der Waals surface area contributed by atoms with E-state index in [1.165, 1.54) is 23.9 Å². The van der Waals surface area contributed by atoms with Gasteiger partial charge >= 0.3 is 0 Å². The van der Waals surface area contributed by atoms with Gasteiger partial charge in [-0.25, -0.2) is 4.39 Å². The normalized spacial score (nSPS) is 10.6. The third-order valence-corrected chi connectivity index (χ3v) is 5.58. The van der Waals surface area contributed by atoms with Gasteiger partial charge in [0.15, 0.2) is 0 Å². The Morgan fingerprint density at radius 3 is 2.54 bits per heavy atom. The smallest absolute Gasteiger partial charge is 0.230 e. The highest BCUT2D eigenvalue weighted by atomic mass is 35.5. The Balaban J connectivity index is 1.53. The molecule has 0 saturated carbocycles. The Hall–Kier alpha value is -1.17. The molecule has 0 aliphatic carbocycles. The highest BCUT2D eigenvalue weighted by Crippen LogP contribution is 2.20. The van der Waals surface area contributed by atoms with E-state index >= 15 is 0 Å². The van der Waals surface area contributed by atoms with Crippen LogP contribution in [0, 0.1) is 5.82 Å². The minimum absolute atomic E-state index is 0.0282. The van der Waals surface area contributed by atoms with E-state index in [9.17, 15) is 9.18 Å². The minimum atomic E-state index is -0.240. The van der Waals surface area contributed by atoms with E-state index in [0.717, 1.165) is 27.7 Å². The van der Waals surface area contributed by atoms with Crippen molar-refractivity contribution in [1.29, 1.82) is 0 Å². The van der Waals surface area contributed by atoms with Gasteiger partial charge in [-0.1, -0.05) is 41.9 Å². The van der Waals surface area contributed by atoms with Crippen molar-refractivity contribution in [2.75, 3.05) is 18.1 Å². The molecule has 0 heterocycles. The van der Waals surface area contributed by atoms with Crippen molar-refractivity contribution in [3.05, 3.63) is 70.5 Å². The molecule has 0 atom stereocenters. The molecule has 2 rings (SSSR count). The Bertz CT molecular complexity index is 652. The van der Waals surface area contributed by atoms with Gasteiger partial charge in [0.1, 0.15) is 5.82 Å². The molecule has 0 aliphatic heterocycles. The first-order chi connectivity index (χ1) is 11.6. The highest BCUT2D eigenvalue weighted by Gasteiger charge is 2.03. The lowest BCUT2D eigenvalue weighted by molar-refractivity contribution is -0.118. The fourth-order valence-corrected chi connectivity index (χ4v) is 3.92. The predicted octanol–water partition coefficient (Wildman–Crippen LogP) is 4.76. The van der Waals surface area contributed by atoms with Crippen LogP contribution in [-0.4, -0.2) is 24.0 Å². The molecule has 2 aromatic rings. The monoisotopic (exact) mass is 383 g/mol. The highest BCUT2D eigenvalue weighted by molar-refractivity contribution is 7.99. The van der Waals surface area contributed by atoms with E-state index in [4.69, 9.17) is 11.6 Å². The number of carbonyl (C=O) groups is 1. The summed E-state index contributed by atoms with van der Waals surface area (Å²) in [7, 11) is 0. The SMILES string of the molecule is O=C(CSCc1ccc(F)cc1)NCCSCc1ccccc1Cl. The van der Waals surface area contributed by atoms with Gasteiger partial charge in [-0.15, -0.1) is 11.8 Å². The second-order valence-electron chi connectivity index (χ2n) is 5.11. The summed E-state index contributed by atoms with van der Waals surface area (Å²) >= 11 is 9.36. The average molecular weight is 384 g/mol. The number of rotatable bonds is 9. The molecule has 0 radical (unpaired) electrons. The van der Waals surface area contributed by atoms with Crippen molar-refractivity contribution in [1.82, 2.24) is 5.32 Å². The van der Waals surface area contributed by atoms with Gasteiger partial charge in [0.25, 0.3) is 0 Å². The largest absolute Gasteiger partial charge is 0.355 e. The number of carbonyl (C=O) groups excluding carboxylic acids is 1. The van der Waals surface area contributed by atoms with Crippen molar-refractivity contribution >= 4 is 41.0 Å². The predicted molar refractivity (Wildman–Crippen MR) is 103 cm³/mol. The number of halogens is 2. The zero-order valence-electron chi connectivity index (χ0n) is 13.1. The molecule has 6 heteroatoms. The zero-order valence-corrected chi connectivity index (χ0v) is 15.5. The van der Waals surface area contributed by atoms with Gasteiger partial charge in [-0.2, -0.15) is 11.8 Å². The number of nitrogens with one attached hydrogen (secondary N) is 1. The topological polar surface area (TPSA) is 29.1 Å². The first-order valence-corrected chi connectivity index (χ1v) is 10.2. The van der Waals surface area contributed by atoms with Crippen LogP contribution in [0.2, 0.25) is 5.02 Å². The first-order valence-electron chi connectivity index (χ1n) is 7.55. The Kier molecular flexibility index (Phi) is 8.50. The van der Waals surface area contributed by atoms with Gasteiger partial charge in [0, 0.05) is 28.8 Å². The van der Waals surface area contributed by atoms with Crippen LogP contribution < -0.4 is 5.32 Å². The molecule has 2 aromatic carbocycles. The Morgan fingerprint density at radius 1 is 1.04 bits per heavy atom. The number of hydrogen-bond donors (Lipinski definition) is 1. The maximum atomic E-state index is 12.8. The van der Waals surface area contributed by atoms with Gasteiger partial charge in [-0.3, -0.25) is 4.79 Å². The molecule has 0 aromatic heterocycles. The van der Waals surface area contributed by atoms with Crippen molar-refractivity contribution in [3.8, 4) is 0 Å². The van der Waals surface area contributed by atoms with E-state index in [2.05, 4.69) is 5.32 Å². The summed E-state index contributed by atoms with van der Waals surface area (Å²) in [6.07, 6.45) is 0. The van der Waals surface area contributed by atoms with Crippen molar-refractivity contribution in [2.24, 2.45) is 0 Å². The van der Waals surface area contributed by atoms with Crippen LogP contribution in [0.3, 0.4) is 0 Å². The molecule has 24 heavy (non-hydrogen) atoms. The molecule has 0 spiro atoms. The van der Waals surface area contributed by atoms with Crippen LogP contribution in [0.15, 0.2) is 48.5 Å². The van der Waals surface area contributed by atoms with Crippen LogP contribution >= 0.6 is 35.1 Å². The van der Waals surface area contributed by atoms with Gasteiger partial charge in [0.05, 0.1) is 5.75 Å². The lowest BCUT2D eigenvalue weighted by atomic mass is 10.2. The van der Waals surface area contributed by atoms with Crippen LogP contribution in [0.1, 0.15) is 11.1 Å². The molecule has 0 bridgehead atoms. The molecule has 2 nitrogen and oxygen atoms in total. The van der Waals surface area contributed by atoms with Crippen LogP contribution in [0.4, 0.5) is 4.39 Å². The molecule has 0 aliphatic rings. The maximum absolute atomic E-state index is 12.8. The lowest BCUT2D eigenvalue weighted by Gasteiger charge is -2.06. The molecule has 1 amide bonds. The summed E-state index contributed by atoms with van der Waals surface area (Å²) in [5.41, 5.74) is 2.13. The lowest BCUT2D eigenvalue weighted by Crippen LogP contribution is -2.27. The van der Waals surface area contributed by atoms with Gasteiger partial charge in [-0.05, 0) is 29.3 Å². The van der Waals surface area contributed by atoms with E-state index in [1.807, 2.05) is 24.3 Å². The summed E-state index contributed by atoms with van der Waals surface area (Å²) < 4.78 is 12.8. The average Bonchev–Trinajstić information content (AvgIpc) is 2.58. The Morgan fingerprint density at radius 2 is 1.79 bits per heavy atom. The Labute approximate surface area is 155 Å². The first kappa shape index (κ1) is 19.2. The number of amides is 1. The zero-order chi connectivity index (χ0) is 17.2. The molecular formula is C18H19ClFNOS2. The summed E-state index contributed by atoms with van der Waals surface area (Å²) in [6.45, 7) is 0.644. The van der Waals surface area contributed by atoms with Crippen LogP contribution in [0.5, 0.6) is 0 Å². The van der Waals surface area contributed by atoms with Crippen LogP contribution in [-0.2, 0) is 16.3 Å². The third-order valence-electron chi connectivity index (χ3n) is 3.20. The summed E-state index contributed by atoms with van der Waals surface area (Å²) in [4.78, 5) is 11.8. The standard InChI is InChI=1S/C18H19ClFNOS2/c19-17-4-2-1-3-15(17)12-23-10-9-21-18(22)13-24-11-14-5-7-16(20)8-6-14/h1-8H,9-13H2,(H,21,22). The summed E-state index contributed by atoms with van der Waals surface area (Å²) in [5.74, 6) is 2.59. The van der Waals surface area contributed by atoms with Gasteiger partial charge < -0.3 is 5.32 Å². The maximum Gasteiger partial charge on any atom is 0.230 e. The van der Waals surface area contributed by atoms with E-state index < -0.39 is 0 Å². The third kappa shape index (κ3) is 7.16. The summed E-state index contributed by atoms with van der Waals surface area (Å²) in [6, 6.07) is 14.1. The summed E-state index contributed by atoms with van der Waals surface area (Å²) in [5, 5.41) is 3.69. The van der Waals surface area contributed by atoms with E-state index in [1.54, 1.807) is 23.9 Å². The second-order valence-corrected chi connectivity index (χ2v) is 7.61. The molecule has 0 saturated heterocycles. The van der Waals surface area contributed by atoms with Crippen molar-refractivity contribution < 1.29 is 9.18 Å². The molecule has 128 valence electrons. The second kappa shape index (κ2) is 10.6. The molecular weight excluding hydrogens is 365 g/mol. The van der Waals surface area contributed by atoms with Crippen molar-refractivity contribution in [2.45, 2.75) is 11.5 Å². The quantitative estimate of drug-likeness (QED) is 0.633.